The molecule has 0 fully saturated rings. The summed E-state index contributed by atoms with van der Waals surface area (Å²) in [6.07, 6.45) is 2.04. The third-order valence-corrected chi connectivity index (χ3v) is 4.53. The van der Waals surface area contributed by atoms with E-state index in [0.29, 0.717) is 28.4 Å². The van der Waals surface area contributed by atoms with Crippen molar-refractivity contribution in [3.05, 3.63) is 118 Å². The van der Waals surface area contributed by atoms with Crippen molar-refractivity contribution in [3.63, 3.8) is 0 Å². The molecule has 0 radical (unpaired) electrons. The normalized spacial score (nSPS) is 10.6. The van der Waals surface area contributed by atoms with Gasteiger partial charge in [-0.05, 0) is 42.0 Å². The number of halogens is 1. The van der Waals surface area contributed by atoms with Crippen LogP contribution in [0.25, 0.3) is 5.69 Å². The van der Waals surface area contributed by atoms with E-state index >= 15 is 0 Å². The first-order valence-electron chi connectivity index (χ1n) is 8.84. The van der Waals surface area contributed by atoms with E-state index in [4.69, 9.17) is 16.3 Å². The summed E-state index contributed by atoms with van der Waals surface area (Å²) in [6, 6.07) is 26.3. The first-order valence-corrected chi connectivity index (χ1v) is 9.22. The largest absolute Gasteiger partial charge is 0.425 e. The van der Waals surface area contributed by atoms with E-state index in [1.54, 1.807) is 6.20 Å². The Morgan fingerprint density at radius 1 is 0.857 bits per heavy atom. The molecule has 4 rings (SSSR count). The maximum absolute atomic E-state index is 13.3. The van der Waals surface area contributed by atoms with Gasteiger partial charge in [-0.3, -0.25) is 4.79 Å². The highest BCUT2D eigenvalue weighted by atomic mass is 35.5. The molecule has 0 N–H and O–H groups in total. The Bertz CT molecular complexity index is 1120. The van der Waals surface area contributed by atoms with E-state index in [2.05, 4.69) is 4.98 Å². The Kier molecular flexibility index (Phi) is 5.22. The molecule has 1 heterocycles. The van der Waals surface area contributed by atoms with Crippen LogP contribution >= 0.6 is 11.6 Å². The highest BCUT2D eigenvalue weighted by molar-refractivity contribution is 6.30. The van der Waals surface area contributed by atoms with Gasteiger partial charge in [-0.1, -0.05) is 60.1 Å². The second-order valence-corrected chi connectivity index (χ2v) is 6.70. The molecule has 0 aliphatic carbocycles. The zero-order valence-corrected chi connectivity index (χ0v) is 15.7. The molecule has 0 bridgehead atoms. The van der Waals surface area contributed by atoms with Crippen molar-refractivity contribution >= 4 is 11.6 Å². The molecule has 0 unspecified atom stereocenters. The summed E-state index contributed by atoms with van der Waals surface area (Å²) in [5.41, 5.74) is 2.09. The van der Waals surface area contributed by atoms with Crippen molar-refractivity contribution in [2.75, 3.05) is 0 Å². The van der Waals surface area contributed by atoms with Gasteiger partial charge in [0.1, 0.15) is 5.75 Å². The Labute approximate surface area is 167 Å². The molecule has 0 atom stereocenters. The average molecular weight is 389 g/mol. The van der Waals surface area contributed by atoms with E-state index in [1.165, 1.54) is 4.57 Å². The van der Waals surface area contributed by atoms with Gasteiger partial charge >= 0.3 is 6.01 Å². The fourth-order valence-corrected chi connectivity index (χ4v) is 3.02. The maximum Gasteiger partial charge on any atom is 0.309 e. The molecule has 0 aliphatic heterocycles. The number of hydrogen-bond donors (Lipinski definition) is 0. The minimum absolute atomic E-state index is 0.165. The molecule has 4 nitrogen and oxygen atoms in total. The van der Waals surface area contributed by atoms with Gasteiger partial charge in [0.25, 0.3) is 5.56 Å². The summed E-state index contributed by atoms with van der Waals surface area (Å²) >= 11 is 5.95. The van der Waals surface area contributed by atoms with Crippen LogP contribution in [-0.4, -0.2) is 9.55 Å². The lowest BCUT2D eigenvalue weighted by Crippen LogP contribution is -2.24. The minimum Gasteiger partial charge on any atom is -0.425 e. The average Bonchev–Trinajstić information content (AvgIpc) is 2.73. The van der Waals surface area contributed by atoms with E-state index in [1.807, 2.05) is 84.9 Å². The first-order chi connectivity index (χ1) is 13.7. The molecule has 138 valence electrons. The molecule has 0 spiro atoms. The molecular weight excluding hydrogens is 372 g/mol. The molecule has 28 heavy (non-hydrogen) atoms. The van der Waals surface area contributed by atoms with Crippen molar-refractivity contribution in [1.82, 2.24) is 9.55 Å². The second-order valence-electron chi connectivity index (χ2n) is 6.26. The maximum atomic E-state index is 13.3. The minimum atomic E-state index is -0.165. The number of ether oxygens (including phenoxy) is 1. The van der Waals surface area contributed by atoms with Crippen molar-refractivity contribution in [2.24, 2.45) is 0 Å². The fourth-order valence-electron chi connectivity index (χ4n) is 2.89. The third-order valence-electron chi connectivity index (χ3n) is 4.27. The predicted molar refractivity (Wildman–Crippen MR) is 111 cm³/mol. The lowest BCUT2D eigenvalue weighted by Gasteiger charge is -2.14. The summed E-state index contributed by atoms with van der Waals surface area (Å²) < 4.78 is 7.40. The Morgan fingerprint density at radius 2 is 1.50 bits per heavy atom. The second kappa shape index (κ2) is 8.11. The summed E-state index contributed by atoms with van der Waals surface area (Å²) in [4.78, 5) is 17.7. The van der Waals surface area contributed by atoms with Gasteiger partial charge in [-0.25, -0.2) is 9.55 Å². The Balaban J connectivity index is 1.78. The molecule has 4 aromatic rings. The van der Waals surface area contributed by atoms with Crippen LogP contribution in [0.4, 0.5) is 0 Å². The Hall–Kier alpha value is -3.37. The highest BCUT2D eigenvalue weighted by Gasteiger charge is 2.14. The monoisotopic (exact) mass is 388 g/mol. The van der Waals surface area contributed by atoms with Gasteiger partial charge in [0, 0.05) is 23.2 Å². The van der Waals surface area contributed by atoms with Gasteiger partial charge in [-0.15, -0.1) is 0 Å². The van der Waals surface area contributed by atoms with Gasteiger partial charge in [0.15, 0.2) is 0 Å². The van der Waals surface area contributed by atoms with E-state index < -0.39 is 0 Å². The fraction of sp³-hybridized carbons (Fsp3) is 0.0435. The first kappa shape index (κ1) is 18.0. The van der Waals surface area contributed by atoms with Crippen LogP contribution < -0.4 is 10.3 Å². The molecule has 0 saturated carbocycles. The van der Waals surface area contributed by atoms with Crippen LogP contribution in [0.15, 0.2) is 95.9 Å². The van der Waals surface area contributed by atoms with Crippen molar-refractivity contribution in [3.8, 4) is 17.4 Å². The third kappa shape index (κ3) is 3.97. The Morgan fingerprint density at radius 3 is 2.18 bits per heavy atom. The lowest BCUT2D eigenvalue weighted by molar-refractivity contribution is 0.423. The van der Waals surface area contributed by atoms with E-state index in [9.17, 15) is 4.79 Å². The van der Waals surface area contributed by atoms with Crippen LogP contribution in [0.5, 0.6) is 11.8 Å². The summed E-state index contributed by atoms with van der Waals surface area (Å²) in [6.45, 7) is 0. The standard InChI is InChI=1S/C23H17ClN2O2/c24-19-13-11-17(12-14-19)15-18-16-25-23(28-21-9-5-2-6-10-21)26(22(18)27)20-7-3-1-4-8-20/h1-14,16H,15H2. The van der Waals surface area contributed by atoms with Crippen LogP contribution in [-0.2, 0) is 6.42 Å². The van der Waals surface area contributed by atoms with Gasteiger partial charge in [0.05, 0.1) is 5.69 Å². The summed E-state index contributed by atoms with van der Waals surface area (Å²) in [7, 11) is 0. The van der Waals surface area contributed by atoms with Gasteiger partial charge < -0.3 is 4.74 Å². The molecule has 0 aliphatic rings. The van der Waals surface area contributed by atoms with Crippen LogP contribution in [0.2, 0.25) is 5.02 Å². The van der Waals surface area contributed by atoms with Crippen LogP contribution in [0, 0.1) is 0 Å². The number of benzene rings is 3. The number of hydrogen-bond acceptors (Lipinski definition) is 3. The zero-order valence-electron chi connectivity index (χ0n) is 15.0. The number of aromatic nitrogens is 2. The van der Waals surface area contributed by atoms with Crippen molar-refractivity contribution in [1.29, 1.82) is 0 Å². The van der Waals surface area contributed by atoms with E-state index in [-0.39, 0.29) is 11.6 Å². The number of para-hydroxylation sites is 2. The molecule has 0 saturated heterocycles. The molecule has 5 heteroatoms. The van der Waals surface area contributed by atoms with Gasteiger partial charge in [0.2, 0.25) is 0 Å². The SMILES string of the molecule is O=c1c(Cc2ccc(Cl)cc2)cnc(Oc2ccccc2)n1-c1ccccc1. The predicted octanol–water partition coefficient (Wildman–Crippen LogP) is 5.27. The smallest absolute Gasteiger partial charge is 0.309 e. The van der Waals surface area contributed by atoms with E-state index in [0.717, 1.165) is 5.56 Å². The van der Waals surface area contributed by atoms with Crippen molar-refractivity contribution in [2.45, 2.75) is 6.42 Å². The zero-order chi connectivity index (χ0) is 19.3. The topological polar surface area (TPSA) is 44.1 Å². The van der Waals surface area contributed by atoms with Crippen LogP contribution in [0.1, 0.15) is 11.1 Å². The quantitative estimate of drug-likeness (QED) is 0.468. The summed E-state index contributed by atoms with van der Waals surface area (Å²) in [5.74, 6) is 0.615. The highest BCUT2D eigenvalue weighted by Crippen LogP contribution is 2.21. The lowest BCUT2D eigenvalue weighted by atomic mass is 10.1. The van der Waals surface area contributed by atoms with Crippen LogP contribution in [0.3, 0.4) is 0 Å². The summed E-state index contributed by atoms with van der Waals surface area (Å²) in [5, 5.41) is 0.662. The van der Waals surface area contributed by atoms with Gasteiger partial charge in [-0.2, -0.15) is 0 Å². The molecule has 0 amide bonds. The molecule has 1 aromatic heterocycles. The molecule has 3 aromatic carbocycles. The van der Waals surface area contributed by atoms with Crippen molar-refractivity contribution < 1.29 is 4.74 Å². The number of nitrogens with zero attached hydrogens (tertiary/aromatic N) is 2. The molecular formula is C23H17ClN2O2. The number of rotatable bonds is 5.